The quantitative estimate of drug-likeness (QED) is 0.722. The van der Waals surface area contributed by atoms with Crippen LogP contribution in [0.3, 0.4) is 0 Å². The Kier molecular flexibility index (Phi) is 3.70. The summed E-state index contributed by atoms with van der Waals surface area (Å²) in [4.78, 5) is 7.31. The van der Waals surface area contributed by atoms with Crippen LogP contribution in [-0.4, -0.2) is 30.5 Å². The first-order valence-electron chi connectivity index (χ1n) is 6.78. The number of rotatable bonds is 4. The van der Waals surface area contributed by atoms with Gasteiger partial charge in [0.2, 0.25) is 0 Å². The van der Waals surface area contributed by atoms with Gasteiger partial charge in [-0.05, 0) is 42.5 Å². The summed E-state index contributed by atoms with van der Waals surface area (Å²) in [5.41, 5.74) is 2.23. The Morgan fingerprint density at radius 3 is 2.36 bits per heavy atom. The van der Waals surface area contributed by atoms with Gasteiger partial charge in [0.05, 0.1) is 25.5 Å². The summed E-state index contributed by atoms with van der Waals surface area (Å²) in [5.74, 6) is 1.59. The zero-order valence-corrected chi connectivity index (χ0v) is 12.3. The van der Waals surface area contributed by atoms with Gasteiger partial charge in [0.15, 0.2) is 5.88 Å². The smallest absolute Gasteiger partial charge is 0.198 e. The third-order valence-electron chi connectivity index (χ3n) is 3.44. The van der Waals surface area contributed by atoms with E-state index in [0.717, 1.165) is 28.1 Å². The largest absolute Gasteiger partial charge is 0.497 e. The molecule has 0 aliphatic rings. The van der Waals surface area contributed by atoms with E-state index in [1.807, 2.05) is 42.5 Å². The number of fused-ring (bicyclic) bond motifs is 1. The van der Waals surface area contributed by atoms with Crippen LogP contribution in [-0.2, 0) is 0 Å². The van der Waals surface area contributed by atoms with Gasteiger partial charge in [-0.25, -0.2) is 0 Å². The first-order chi connectivity index (χ1) is 10.7. The number of aromatic nitrogens is 1. The SMILES string of the molecule is COc1ccc(N=Cc2c(O)[nH]c3ccc(OC)cc23)cc1. The van der Waals surface area contributed by atoms with Crippen molar-refractivity contribution in [2.45, 2.75) is 0 Å². The Labute approximate surface area is 127 Å². The van der Waals surface area contributed by atoms with E-state index in [1.54, 1.807) is 20.4 Å². The molecule has 2 N–H and O–H groups in total. The van der Waals surface area contributed by atoms with Crippen molar-refractivity contribution in [2.24, 2.45) is 4.99 Å². The van der Waals surface area contributed by atoms with Crippen LogP contribution in [0.4, 0.5) is 5.69 Å². The number of aromatic amines is 1. The molecule has 0 aliphatic heterocycles. The van der Waals surface area contributed by atoms with Crippen molar-refractivity contribution in [3.05, 3.63) is 48.0 Å². The predicted molar refractivity (Wildman–Crippen MR) is 86.8 cm³/mol. The molecule has 0 atom stereocenters. The van der Waals surface area contributed by atoms with Gasteiger partial charge in [-0.3, -0.25) is 4.99 Å². The van der Waals surface area contributed by atoms with E-state index in [2.05, 4.69) is 9.98 Å². The molecule has 0 radical (unpaired) electrons. The Bertz CT molecular complexity index is 820. The Hall–Kier alpha value is -2.95. The summed E-state index contributed by atoms with van der Waals surface area (Å²) in [6.07, 6.45) is 1.63. The van der Waals surface area contributed by atoms with E-state index >= 15 is 0 Å². The average Bonchev–Trinajstić information content (AvgIpc) is 2.87. The third-order valence-corrected chi connectivity index (χ3v) is 3.44. The van der Waals surface area contributed by atoms with E-state index in [1.165, 1.54) is 0 Å². The number of methoxy groups -OCH3 is 2. The Morgan fingerprint density at radius 2 is 1.68 bits per heavy atom. The normalized spacial score (nSPS) is 11.2. The number of aliphatic imine (C=N–C) groups is 1. The molecule has 3 rings (SSSR count). The molecule has 112 valence electrons. The monoisotopic (exact) mass is 296 g/mol. The summed E-state index contributed by atoms with van der Waals surface area (Å²) >= 11 is 0. The number of aromatic hydroxyl groups is 1. The van der Waals surface area contributed by atoms with E-state index in [9.17, 15) is 5.11 Å². The van der Waals surface area contributed by atoms with Crippen LogP contribution in [0, 0.1) is 0 Å². The summed E-state index contributed by atoms with van der Waals surface area (Å²) < 4.78 is 10.3. The minimum absolute atomic E-state index is 0.0838. The van der Waals surface area contributed by atoms with Gasteiger partial charge in [-0.15, -0.1) is 0 Å². The van der Waals surface area contributed by atoms with Gasteiger partial charge in [-0.1, -0.05) is 0 Å². The standard InChI is InChI=1S/C17H16N2O3/c1-21-12-5-3-11(4-6-12)18-10-15-14-9-13(22-2)7-8-16(14)19-17(15)20/h3-10,19-20H,1-2H3. The number of hydrogen-bond acceptors (Lipinski definition) is 4. The molecule has 2 aromatic carbocycles. The summed E-state index contributed by atoms with van der Waals surface area (Å²) in [6, 6.07) is 12.9. The number of benzene rings is 2. The van der Waals surface area contributed by atoms with Crippen molar-refractivity contribution in [3.8, 4) is 17.4 Å². The average molecular weight is 296 g/mol. The Balaban J connectivity index is 1.98. The van der Waals surface area contributed by atoms with Crippen molar-refractivity contribution >= 4 is 22.8 Å². The molecule has 3 aromatic rings. The van der Waals surface area contributed by atoms with Crippen LogP contribution in [0.15, 0.2) is 47.5 Å². The van der Waals surface area contributed by atoms with E-state index < -0.39 is 0 Å². The molecule has 1 heterocycles. The molecule has 0 bridgehead atoms. The molecule has 0 fully saturated rings. The topological polar surface area (TPSA) is 66.8 Å². The molecule has 0 amide bonds. The van der Waals surface area contributed by atoms with Crippen LogP contribution in [0.1, 0.15) is 5.56 Å². The van der Waals surface area contributed by atoms with Gasteiger partial charge in [0, 0.05) is 17.1 Å². The van der Waals surface area contributed by atoms with Crippen LogP contribution >= 0.6 is 0 Å². The molecule has 0 saturated heterocycles. The first-order valence-corrected chi connectivity index (χ1v) is 6.78. The zero-order valence-electron chi connectivity index (χ0n) is 12.3. The molecule has 5 nitrogen and oxygen atoms in total. The van der Waals surface area contributed by atoms with Gasteiger partial charge in [-0.2, -0.15) is 0 Å². The highest BCUT2D eigenvalue weighted by atomic mass is 16.5. The molecule has 0 unspecified atom stereocenters. The maximum absolute atomic E-state index is 10.1. The van der Waals surface area contributed by atoms with Crippen LogP contribution in [0.25, 0.3) is 10.9 Å². The lowest BCUT2D eigenvalue weighted by molar-refractivity contribution is 0.415. The van der Waals surface area contributed by atoms with E-state index in [0.29, 0.717) is 5.56 Å². The number of hydrogen-bond donors (Lipinski definition) is 2. The summed E-state index contributed by atoms with van der Waals surface area (Å²) in [7, 11) is 3.23. The van der Waals surface area contributed by atoms with Gasteiger partial charge < -0.3 is 19.6 Å². The first kappa shape index (κ1) is 14.0. The summed E-state index contributed by atoms with van der Waals surface area (Å²) in [6.45, 7) is 0. The lowest BCUT2D eigenvalue weighted by Crippen LogP contribution is -1.83. The number of nitrogens with zero attached hydrogens (tertiary/aromatic N) is 1. The predicted octanol–water partition coefficient (Wildman–Crippen LogP) is 3.64. The van der Waals surface area contributed by atoms with Crippen LogP contribution in [0.5, 0.6) is 17.4 Å². The lowest BCUT2D eigenvalue weighted by Gasteiger charge is -2.00. The highest BCUT2D eigenvalue weighted by Gasteiger charge is 2.09. The number of H-pyrrole nitrogens is 1. The highest BCUT2D eigenvalue weighted by molar-refractivity contribution is 6.03. The van der Waals surface area contributed by atoms with Crippen molar-refractivity contribution in [3.63, 3.8) is 0 Å². The molecule has 0 spiro atoms. The second kappa shape index (κ2) is 5.81. The second-order valence-corrected chi connectivity index (χ2v) is 4.76. The van der Waals surface area contributed by atoms with Crippen LogP contribution < -0.4 is 9.47 Å². The van der Waals surface area contributed by atoms with Gasteiger partial charge >= 0.3 is 0 Å². The van der Waals surface area contributed by atoms with Gasteiger partial charge in [0.25, 0.3) is 0 Å². The maximum atomic E-state index is 10.1. The van der Waals surface area contributed by atoms with Crippen molar-refractivity contribution in [1.82, 2.24) is 4.98 Å². The maximum Gasteiger partial charge on any atom is 0.198 e. The molecule has 0 aliphatic carbocycles. The van der Waals surface area contributed by atoms with E-state index in [-0.39, 0.29) is 5.88 Å². The molecule has 5 heteroatoms. The highest BCUT2D eigenvalue weighted by Crippen LogP contribution is 2.29. The molecular weight excluding hydrogens is 280 g/mol. The number of ether oxygens (including phenoxy) is 2. The third kappa shape index (κ3) is 2.61. The zero-order chi connectivity index (χ0) is 15.5. The molecule has 0 saturated carbocycles. The fourth-order valence-electron chi connectivity index (χ4n) is 2.24. The second-order valence-electron chi connectivity index (χ2n) is 4.76. The summed E-state index contributed by atoms with van der Waals surface area (Å²) in [5, 5.41) is 10.9. The fraction of sp³-hybridized carbons (Fsp3) is 0.118. The van der Waals surface area contributed by atoms with E-state index in [4.69, 9.17) is 9.47 Å². The molecular formula is C17H16N2O3. The minimum atomic E-state index is 0.0838. The minimum Gasteiger partial charge on any atom is -0.497 e. The van der Waals surface area contributed by atoms with Crippen molar-refractivity contribution < 1.29 is 14.6 Å². The van der Waals surface area contributed by atoms with Crippen molar-refractivity contribution in [1.29, 1.82) is 0 Å². The van der Waals surface area contributed by atoms with Crippen molar-refractivity contribution in [2.75, 3.05) is 14.2 Å². The fourth-order valence-corrected chi connectivity index (χ4v) is 2.24. The molecule has 22 heavy (non-hydrogen) atoms. The molecule has 1 aromatic heterocycles. The lowest BCUT2D eigenvalue weighted by atomic mass is 10.1. The van der Waals surface area contributed by atoms with Gasteiger partial charge in [0.1, 0.15) is 11.5 Å². The van der Waals surface area contributed by atoms with Crippen LogP contribution in [0.2, 0.25) is 0 Å². The Morgan fingerprint density at radius 1 is 1.00 bits per heavy atom. The number of nitrogens with one attached hydrogen (secondary N) is 1.